The molecule has 4 saturated heterocycles. The number of pyridine rings is 1. The van der Waals surface area contributed by atoms with Crippen molar-refractivity contribution in [2.24, 2.45) is 0 Å². The van der Waals surface area contributed by atoms with E-state index in [-0.39, 0.29) is 71.1 Å². The molecule has 5 aliphatic rings. The second kappa shape index (κ2) is 9.55. The number of rotatable bonds is 4. The van der Waals surface area contributed by atoms with Crippen LogP contribution in [0.2, 0.25) is 0 Å². The quantitative estimate of drug-likeness (QED) is 0.350. The molecule has 0 spiro atoms. The van der Waals surface area contributed by atoms with Gasteiger partial charge in [-0.15, -0.1) is 0 Å². The molecule has 228 valence electrons. The lowest BCUT2D eigenvalue weighted by Crippen LogP contribution is -2.60. The van der Waals surface area contributed by atoms with Crippen LogP contribution in [0.5, 0.6) is 17.6 Å². The molecule has 12 heteroatoms. The van der Waals surface area contributed by atoms with Crippen molar-refractivity contribution in [3.63, 3.8) is 0 Å². The third-order valence-electron chi connectivity index (χ3n) is 10.3. The Kier molecular flexibility index (Phi) is 5.75. The fraction of sp³-hybridized carbons (Fsp3) is 0.469. The molecule has 5 aliphatic heterocycles. The summed E-state index contributed by atoms with van der Waals surface area (Å²) >= 11 is 0. The van der Waals surface area contributed by atoms with Crippen LogP contribution in [-0.2, 0) is 0 Å². The summed E-state index contributed by atoms with van der Waals surface area (Å²) < 4.78 is 59.1. The molecule has 44 heavy (non-hydrogen) atoms. The predicted octanol–water partition coefficient (Wildman–Crippen LogP) is 4.49. The van der Waals surface area contributed by atoms with Gasteiger partial charge in [-0.1, -0.05) is 12.1 Å². The Labute approximate surface area is 251 Å². The summed E-state index contributed by atoms with van der Waals surface area (Å²) in [5.74, 6) is -0.881. The van der Waals surface area contributed by atoms with Gasteiger partial charge in [-0.05, 0) is 55.8 Å². The molecule has 4 fully saturated rings. The number of anilines is 1. The minimum absolute atomic E-state index is 0.00323. The molecule has 0 unspecified atom stereocenters. The molecule has 5 atom stereocenters. The van der Waals surface area contributed by atoms with Gasteiger partial charge in [-0.2, -0.15) is 9.97 Å². The fourth-order valence-corrected chi connectivity index (χ4v) is 8.36. The topological polar surface area (TPSA) is 95.9 Å². The number of fused-ring (bicyclic) bond motifs is 7. The summed E-state index contributed by atoms with van der Waals surface area (Å²) in [6.07, 6.45) is 3.24. The van der Waals surface area contributed by atoms with Gasteiger partial charge in [-0.3, -0.25) is 4.90 Å². The number of aromatic hydroxyl groups is 1. The summed E-state index contributed by atoms with van der Waals surface area (Å²) in [5.41, 5.74) is -0.593. The third kappa shape index (κ3) is 3.89. The summed E-state index contributed by atoms with van der Waals surface area (Å²) in [4.78, 5) is 18.3. The molecule has 0 radical (unpaired) electrons. The Morgan fingerprint density at radius 2 is 2.02 bits per heavy atom. The van der Waals surface area contributed by atoms with E-state index in [9.17, 15) is 9.50 Å². The molecule has 9 rings (SSSR count). The number of nitrogens with one attached hydrogen (secondary N) is 1. The normalized spacial score (nSPS) is 29.1. The van der Waals surface area contributed by atoms with Gasteiger partial charge in [0.2, 0.25) is 5.88 Å². The van der Waals surface area contributed by atoms with Crippen molar-refractivity contribution >= 4 is 27.5 Å². The van der Waals surface area contributed by atoms with Crippen molar-refractivity contribution in [2.45, 2.75) is 61.9 Å². The number of piperazine rings is 1. The summed E-state index contributed by atoms with van der Waals surface area (Å²) in [7, 11) is 0. The van der Waals surface area contributed by atoms with Crippen LogP contribution in [0.25, 0.3) is 32.9 Å². The molecule has 9 nitrogen and oxygen atoms in total. The zero-order chi connectivity index (χ0) is 29.7. The lowest BCUT2D eigenvalue weighted by molar-refractivity contribution is 0.107. The van der Waals surface area contributed by atoms with Gasteiger partial charge >= 0.3 is 6.01 Å². The Morgan fingerprint density at radius 1 is 1.11 bits per heavy atom. The number of phenolic OH excluding ortho intramolecular Hbond substituents is 1. The highest BCUT2D eigenvalue weighted by Gasteiger charge is 2.50. The smallest absolute Gasteiger partial charge is 0.319 e. The fourth-order valence-electron chi connectivity index (χ4n) is 8.36. The van der Waals surface area contributed by atoms with Crippen LogP contribution in [0.4, 0.5) is 19.0 Å². The number of hydrogen-bond donors (Lipinski definition) is 2. The largest absolute Gasteiger partial charge is 0.508 e. The SMILES string of the molecule is Oc1cc(-c2nc3c4c(nc(OC[C@@]56CCCN5C[C@H](F)C6)nc4c2F)N2C[C@H]4CC[C@H](N4)[C@@H]2CO3)c2c(F)cccc2c1. The highest BCUT2D eigenvalue weighted by Crippen LogP contribution is 2.45. The van der Waals surface area contributed by atoms with Gasteiger partial charge in [0, 0.05) is 42.5 Å². The maximum Gasteiger partial charge on any atom is 0.319 e. The van der Waals surface area contributed by atoms with Crippen molar-refractivity contribution in [3.05, 3.63) is 42.0 Å². The van der Waals surface area contributed by atoms with E-state index in [4.69, 9.17) is 14.5 Å². The predicted molar refractivity (Wildman–Crippen MR) is 157 cm³/mol. The van der Waals surface area contributed by atoms with Gasteiger partial charge in [0.1, 0.15) is 53.4 Å². The zero-order valence-electron chi connectivity index (χ0n) is 23.9. The average Bonchev–Trinajstić information content (AvgIpc) is 3.64. The van der Waals surface area contributed by atoms with Crippen LogP contribution >= 0.6 is 0 Å². The average molecular weight is 605 g/mol. The van der Waals surface area contributed by atoms with E-state index in [1.165, 1.54) is 24.3 Å². The second-order valence-electron chi connectivity index (χ2n) is 12.9. The first-order valence-electron chi connectivity index (χ1n) is 15.4. The molecule has 2 aromatic carbocycles. The molecule has 2 aromatic heterocycles. The Hall–Kier alpha value is -3.90. The van der Waals surface area contributed by atoms with Crippen LogP contribution < -0.4 is 19.7 Å². The van der Waals surface area contributed by atoms with Crippen molar-refractivity contribution in [3.8, 4) is 28.9 Å². The van der Waals surface area contributed by atoms with E-state index in [1.54, 1.807) is 6.07 Å². The zero-order valence-corrected chi connectivity index (χ0v) is 23.9. The maximum absolute atomic E-state index is 16.8. The first-order chi connectivity index (χ1) is 21.4. The lowest BCUT2D eigenvalue weighted by atomic mass is 9.95. The van der Waals surface area contributed by atoms with E-state index >= 15 is 8.78 Å². The molecule has 0 saturated carbocycles. The number of aromatic nitrogens is 3. The van der Waals surface area contributed by atoms with Crippen molar-refractivity contribution < 1.29 is 27.8 Å². The number of halogens is 3. The van der Waals surface area contributed by atoms with E-state index < -0.39 is 23.3 Å². The molecule has 2 N–H and O–H groups in total. The van der Waals surface area contributed by atoms with E-state index in [0.29, 0.717) is 36.1 Å². The van der Waals surface area contributed by atoms with E-state index in [2.05, 4.69) is 25.1 Å². The van der Waals surface area contributed by atoms with E-state index in [0.717, 1.165) is 32.2 Å². The number of benzene rings is 2. The maximum atomic E-state index is 16.8. The molecular formula is C32H31F3N6O3. The number of ether oxygens (including phenoxy) is 2. The second-order valence-corrected chi connectivity index (χ2v) is 12.9. The van der Waals surface area contributed by atoms with Crippen LogP contribution in [0.3, 0.4) is 0 Å². The van der Waals surface area contributed by atoms with Crippen molar-refractivity contribution in [1.29, 1.82) is 0 Å². The van der Waals surface area contributed by atoms with Gasteiger partial charge in [0.15, 0.2) is 5.82 Å². The summed E-state index contributed by atoms with van der Waals surface area (Å²) in [6, 6.07) is 7.54. The summed E-state index contributed by atoms with van der Waals surface area (Å²) in [5, 5.41) is 15.0. The van der Waals surface area contributed by atoms with Crippen LogP contribution in [0, 0.1) is 11.6 Å². The molecule has 0 amide bonds. The summed E-state index contributed by atoms with van der Waals surface area (Å²) in [6.45, 7) is 2.34. The highest BCUT2D eigenvalue weighted by molar-refractivity contribution is 6.02. The highest BCUT2D eigenvalue weighted by atomic mass is 19.1. The van der Waals surface area contributed by atoms with Gasteiger partial charge in [-0.25, -0.2) is 18.2 Å². The Bertz CT molecular complexity index is 1840. The standard InChI is InChI=1S/C32H31F3N6O3/c33-17-11-32(7-2-8-40(32)12-17)15-44-31-38-28-25-29(39-31)41-13-18-5-6-22(36-18)23(41)14-43-30(25)37-27(26(28)35)20-10-19(42)9-16-3-1-4-21(34)24(16)20/h1,3-4,9-10,17-18,22-23,36,42H,2,5-8,11-15H2/t17-,18-,22+,23+,32+/m1/s1. The molecule has 2 bridgehead atoms. The van der Waals surface area contributed by atoms with Gasteiger partial charge < -0.3 is 24.8 Å². The minimum atomic E-state index is -0.915. The first-order valence-corrected chi connectivity index (χ1v) is 15.4. The van der Waals surface area contributed by atoms with Crippen LogP contribution in [0.15, 0.2) is 30.3 Å². The van der Waals surface area contributed by atoms with Crippen LogP contribution in [-0.4, -0.2) is 87.6 Å². The Balaban J connectivity index is 1.23. The molecule has 7 heterocycles. The molecule has 4 aromatic rings. The number of hydrogen-bond acceptors (Lipinski definition) is 9. The first kappa shape index (κ1) is 26.5. The van der Waals surface area contributed by atoms with Crippen molar-refractivity contribution in [1.82, 2.24) is 25.2 Å². The third-order valence-corrected chi connectivity index (χ3v) is 10.3. The Morgan fingerprint density at radius 3 is 2.93 bits per heavy atom. The lowest BCUT2D eigenvalue weighted by Gasteiger charge is -2.40. The van der Waals surface area contributed by atoms with E-state index in [1.807, 2.05) is 0 Å². The minimum Gasteiger partial charge on any atom is -0.508 e. The van der Waals surface area contributed by atoms with Gasteiger partial charge in [0.05, 0.1) is 11.6 Å². The molecule has 0 aliphatic carbocycles. The number of alkyl halides is 1. The number of nitrogens with zero attached hydrogens (tertiary/aromatic N) is 5. The molecular weight excluding hydrogens is 573 g/mol. The van der Waals surface area contributed by atoms with Crippen LogP contribution in [0.1, 0.15) is 32.1 Å². The monoisotopic (exact) mass is 604 g/mol. The van der Waals surface area contributed by atoms with Gasteiger partial charge in [0.25, 0.3) is 0 Å². The number of phenols is 1. The van der Waals surface area contributed by atoms with Crippen molar-refractivity contribution in [2.75, 3.05) is 37.7 Å².